The van der Waals surface area contributed by atoms with E-state index >= 15 is 0 Å². The van der Waals surface area contributed by atoms with Gasteiger partial charge in [-0.3, -0.25) is 4.79 Å². The SMILES string of the molecule is CC(C)c1nc(N(C)C)nc(-c2ccc(F)cc2)c1/C=C/[C@@H]1C[C@@H](O[Si](C)(C)C(C)(C)C)CC(=O)O1. The normalized spacial score (nSPS) is 19.1. The zero-order chi connectivity index (χ0) is 26.8. The predicted octanol–water partition coefficient (Wildman–Crippen LogP) is 6.58. The van der Waals surface area contributed by atoms with Crippen LogP contribution in [0.4, 0.5) is 10.3 Å². The van der Waals surface area contributed by atoms with Gasteiger partial charge in [0.1, 0.15) is 11.9 Å². The number of anilines is 1. The maximum Gasteiger partial charge on any atom is 0.308 e. The van der Waals surface area contributed by atoms with Crippen LogP contribution >= 0.6 is 0 Å². The molecular formula is C28H40FN3O3Si. The lowest BCUT2D eigenvalue weighted by molar-refractivity contribution is -0.155. The van der Waals surface area contributed by atoms with Gasteiger partial charge in [-0.2, -0.15) is 0 Å². The third-order valence-corrected chi connectivity index (χ3v) is 11.5. The second-order valence-electron chi connectivity index (χ2n) is 11.6. The van der Waals surface area contributed by atoms with Crippen molar-refractivity contribution in [2.45, 2.75) is 83.7 Å². The minimum absolute atomic E-state index is 0.0570. The number of benzene rings is 1. The average molecular weight is 514 g/mol. The van der Waals surface area contributed by atoms with Gasteiger partial charge in [-0.25, -0.2) is 14.4 Å². The number of halogens is 1. The van der Waals surface area contributed by atoms with Gasteiger partial charge in [0.05, 0.1) is 23.9 Å². The number of nitrogens with zero attached hydrogens (tertiary/aromatic N) is 3. The Bertz CT molecular complexity index is 1110. The molecule has 1 fully saturated rings. The van der Waals surface area contributed by atoms with Crippen LogP contribution in [0.25, 0.3) is 17.3 Å². The number of cyclic esters (lactones) is 1. The zero-order valence-electron chi connectivity index (χ0n) is 23.1. The summed E-state index contributed by atoms with van der Waals surface area (Å²) in [7, 11) is 1.77. The first-order valence-corrected chi connectivity index (χ1v) is 15.5. The summed E-state index contributed by atoms with van der Waals surface area (Å²) < 4.78 is 25.9. The first-order valence-electron chi connectivity index (χ1n) is 12.6. The number of hydrogen-bond acceptors (Lipinski definition) is 6. The van der Waals surface area contributed by atoms with Gasteiger partial charge in [-0.15, -0.1) is 0 Å². The molecule has 0 bridgehead atoms. The molecule has 6 nitrogen and oxygen atoms in total. The summed E-state index contributed by atoms with van der Waals surface area (Å²) in [6.45, 7) is 15.1. The number of hydrogen-bond donors (Lipinski definition) is 0. The van der Waals surface area contributed by atoms with Gasteiger partial charge in [0.15, 0.2) is 8.32 Å². The Morgan fingerprint density at radius 1 is 1.17 bits per heavy atom. The van der Waals surface area contributed by atoms with Crippen molar-refractivity contribution in [3.8, 4) is 11.3 Å². The number of aromatic nitrogens is 2. The summed E-state index contributed by atoms with van der Waals surface area (Å²) >= 11 is 0. The average Bonchev–Trinajstić information content (AvgIpc) is 2.76. The van der Waals surface area contributed by atoms with E-state index in [1.165, 1.54) is 12.1 Å². The minimum Gasteiger partial charge on any atom is -0.458 e. The monoisotopic (exact) mass is 513 g/mol. The van der Waals surface area contributed by atoms with Crippen LogP contribution in [0.5, 0.6) is 0 Å². The molecule has 0 N–H and O–H groups in total. The minimum atomic E-state index is -2.02. The molecular weight excluding hydrogens is 473 g/mol. The van der Waals surface area contributed by atoms with Crippen LogP contribution in [-0.2, 0) is 14.0 Å². The van der Waals surface area contributed by atoms with Crippen molar-refractivity contribution in [1.29, 1.82) is 0 Å². The Hall–Kier alpha value is -2.58. The Morgan fingerprint density at radius 2 is 1.81 bits per heavy atom. The maximum atomic E-state index is 13.7. The van der Waals surface area contributed by atoms with Gasteiger partial charge in [-0.1, -0.05) is 40.7 Å². The standard InChI is InChI=1S/C28H40FN3O3Si/c1-18(2)25-23(26(31-27(30-25)32(6)7)19-10-12-20(29)13-11-19)15-14-21-16-22(17-24(33)34-21)35-36(8,9)28(3,4)5/h10-15,18,21-22H,16-17H2,1-9H3/b15-14+/t21-,22-/m1/s1. The fourth-order valence-electron chi connectivity index (χ4n) is 3.90. The van der Waals surface area contributed by atoms with Crippen LogP contribution in [0.15, 0.2) is 30.3 Å². The molecule has 1 aromatic heterocycles. The van der Waals surface area contributed by atoms with E-state index in [0.29, 0.717) is 18.1 Å². The molecule has 0 radical (unpaired) electrons. The summed E-state index contributed by atoms with van der Waals surface area (Å²) in [5.41, 5.74) is 3.22. The quantitative estimate of drug-likeness (QED) is 0.308. The number of rotatable bonds is 7. The van der Waals surface area contributed by atoms with Gasteiger partial charge < -0.3 is 14.1 Å². The van der Waals surface area contributed by atoms with Gasteiger partial charge in [0.25, 0.3) is 0 Å². The van der Waals surface area contributed by atoms with Crippen molar-refractivity contribution < 1.29 is 18.3 Å². The second-order valence-corrected chi connectivity index (χ2v) is 16.3. The molecule has 2 atom stereocenters. The number of carbonyl (C=O) groups is 1. The summed E-state index contributed by atoms with van der Waals surface area (Å²) in [6, 6.07) is 6.31. The van der Waals surface area contributed by atoms with Crippen molar-refractivity contribution >= 4 is 26.3 Å². The van der Waals surface area contributed by atoms with Crippen LogP contribution < -0.4 is 4.90 Å². The Balaban J connectivity index is 1.99. The molecule has 1 aliphatic rings. The topological polar surface area (TPSA) is 64.5 Å². The smallest absolute Gasteiger partial charge is 0.308 e. The molecule has 3 rings (SSSR count). The highest BCUT2D eigenvalue weighted by Crippen LogP contribution is 2.39. The Kier molecular flexibility index (Phi) is 8.40. The van der Waals surface area contributed by atoms with Crippen molar-refractivity contribution in [3.63, 3.8) is 0 Å². The molecule has 36 heavy (non-hydrogen) atoms. The molecule has 0 unspecified atom stereocenters. The Morgan fingerprint density at radius 3 is 2.36 bits per heavy atom. The van der Waals surface area contributed by atoms with Crippen LogP contribution in [0, 0.1) is 5.82 Å². The van der Waals surface area contributed by atoms with Gasteiger partial charge in [-0.05, 0) is 54.4 Å². The largest absolute Gasteiger partial charge is 0.458 e. The fraction of sp³-hybridized carbons (Fsp3) is 0.536. The third kappa shape index (κ3) is 6.59. The van der Waals surface area contributed by atoms with E-state index in [2.05, 4.69) is 47.7 Å². The van der Waals surface area contributed by atoms with E-state index in [4.69, 9.17) is 19.1 Å². The van der Waals surface area contributed by atoms with E-state index < -0.39 is 14.4 Å². The van der Waals surface area contributed by atoms with E-state index in [1.54, 1.807) is 12.1 Å². The maximum absolute atomic E-state index is 13.7. The van der Waals surface area contributed by atoms with Crippen molar-refractivity contribution in [2.75, 3.05) is 19.0 Å². The first kappa shape index (κ1) is 28.0. The van der Waals surface area contributed by atoms with Crippen LogP contribution in [0.1, 0.15) is 64.6 Å². The highest BCUT2D eigenvalue weighted by Gasteiger charge is 2.41. The number of ether oxygens (including phenoxy) is 1. The molecule has 2 aromatic rings. The van der Waals surface area contributed by atoms with E-state index in [9.17, 15) is 9.18 Å². The highest BCUT2D eigenvalue weighted by atomic mass is 28.4. The third-order valence-electron chi connectivity index (χ3n) is 6.95. The molecule has 0 saturated carbocycles. The number of carbonyl (C=O) groups excluding carboxylic acids is 1. The molecule has 1 aromatic carbocycles. The lowest BCUT2D eigenvalue weighted by Gasteiger charge is -2.40. The van der Waals surface area contributed by atoms with Crippen LogP contribution in [0.2, 0.25) is 18.1 Å². The molecule has 1 saturated heterocycles. The van der Waals surface area contributed by atoms with Crippen LogP contribution in [-0.4, -0.2) is 50.6 Å². The molecule has 196 valence electrons. The predicted molar refractivity (Wildman–Crippen MR) is 146 cm³/mol. The van der Waals surface area contributed by atoms with Crippen molar-refractivity contribution in [3.05, 3.63) is 47.4 Å². The molecule has 1 aliphatic heterocycles. The first-order chi connectivity index (χ1) is 16.7. The highest BCUT2D eigenvalue weighted by molar-refractivity contribution is 6.74. The molecule has 0 spiro atoms. The Labute approximate surface area is 216 Å². The second kappa shape index (κ2) is 10.8. The lowest BCUT2D eigenvalue weighted by Crippen LogP contribution is -2.46. The summed E-state index contributed by atoms with van der Waals surface area (Å²) in [4.78, 5) is 23.9. The van der Waals surface area contributed by atoms with Crippen molar-refractivity contribution in [2.24, 2.45) is 0 Å². The summed E-state index contributed by atoms with van der Waals surface area (Å²) in [6.07, 6.45) is 4.15. The molecule has 0 aliphatic carbocycles. The molecule has 2 heterocycles. The van der Waals surface area contributed by atoms with Gasteiger partial charge >= 0.3 is 5.97 Å². The van der Waals surface area contributed by atoms with Crippen LogP contribution in [0.3, 0.4) is 0 Å². The number of esters is 1. The van der Waals surface area contributed by atoms with E-state index in [-0.39, 0.29) is 35.3 Å². The molecule has 8 heteroatoms. The summed E-state index contributed by atoms with van der Waals surface area (Å²) in [5.74, 6) is 0.154. The fourth-order valence-corrected chi connectivity index (χ4v) is 5.27. The van der Waals surface area contributed by atoms with Gasteiger partial charge in [0.2, 0.25) is 5.95 Å². The zero-order valence-corrected chi connectivity index (χ0v) is 24.1. The summed E-state index contributed by atoms with van der Waals surface area (Å²) in [5, 5.41) is 0.0570. The van der Waals surface area contributed by atoms with Crippen molar-refractivity contribution in [1.82, 2.24) is 9.97 Å². The van der Waals surface area contributed by atoms with E-state index in [0.717, 1.165) is 16.8 Å². The molecule has 0 amide bonds. The van der Waals surface area contributed by atoms with E-state index in [1.807, 2.05) is 31.1 Å². The lowest BCUT2D eigenvalue weighted by atomic mass is 9.97. The van der Waals surface area contributed by atoms with Gasteiger partial charge in [0, 0.05) is 31.6 Å².